The van der Waals surface area contributed by atoms with Crippen molar-refractivity contribution >= 4 is 12.0 Å². The van der Waals surface area contributed by atoms with Gasteiger partial charge >= 0.3 is 6.09 Å². The predicted molar refractivity (Wildman–Crippen MR) is 109 cm³/mol. The molecule has 156 valence electrons. The molecule has 1 aromatic rings. The molecule has 2 amide bonds. The van der Waals surface area contributed by atoms with E-state index in [2.05, 4.69) is 13.8 Å². The Kier molecular flexibility index (Phi) is 9.28. The van der Waals surface area contributed by atoms with Crippen LogP contribution in [0.1, 0.15) is 57.9 Å². The van der Waals surface area contributed by atoms with Gasteiger partial charge in [-0.25, -0.2) is 4.79 Å². The number of aliphatic hydroxyl groups excluding tert-OH is 1. The van der Waals surface area contributed by atoms with Crippen LogP contribution in [0.4, 0.5) is 4.79 Å². The number of hydrogen-bond donors (Lipinski definition) is 1. The van der Waals surface area contributed by atoms with Crippen LogP contribution in [0, 0.1) is 0 Å². The molecular formula is C22H34N2O4. The predicted octanol–water partition coefficient (Wildman–Crippen LogP) is 3.58. The van der Waals surface area contributed by atoms with Gasteiger partial charge in [-0.15, -0.1) is 0 Å². The number of benzene rings is 1. The first-order valence-electron chi connectivity index (χ1n) is 10.5. The molecule has 0 aliphatic carbocycles. The normalized spacial score (nSPS) is 18.9. The van der Waals surface area contributed by atoms with E-state index in [1.165, 1.54) is 4.90 Å². The largest absolute Gasteiger partial charge is 0.445 e. The fraction of sp³-hybridized carbons (Fsp3) is 0.636. The Morgan fingerprint density at radius 1 is 1.11 bits per heavy atom. The molecule has 0 aromatic heterocycles. The zero-order valence-corrected chi connectivity index (χ0v) is 17.2. The number of nitrogens with zero attached hydrogens (tertiary/aromatic N) is 2. The van der Waals surface area contributed by atoms with Crippen molar-refractivity contribution in [2.75, 3.05) is 19.6 Å². The van der Waals surface area contributed by atoms with E-state index in [4.69, 9.17) is 4.74 Å². The zero-order chi connectivity index (χ0) is 20.4. The van der Waals surface area contributed by atoms with Crippen molar-refractivity contribution in [3.63, 3.8) is 0 Å². The maximum Gasteiger partial charge on any atom is 0.410 e. The third kappa shape index (κ3) is 6.23. The molecule has 0 bridgehead atoms. The summed E-state index contributed by atoms with van der Waals surface area (Å²) in [5.74, 6) is -0.161. The molecule has 28 heavy (non-hydrogen) atoms. The van der Waals surface area contributed by atoms with Gasteiger partial charge in [0.2, 0.25) is 5.91 Å². The molecule has 2 rings (SSSR count). The van der Waals surface area contributed by atoms with Gasteiger partial charge in [0.15, 0.2) is 0 Å². The van der Waals surface area contributed by atoms with E-state index in [1.54, 1.807) is 0 Å². The average Bonchev–Trinajstić information content (AvgIpc) is 3.10. The second-order valence-electron chi connectivity index (χ2n) is 7.42. The number of likely N-dealkylation sites (tertiary alicyclic amines) is 1. The van der Waals surface area contributed by atoms with Crippen molar-refractivity contribution in [3.05, 3.63) is 35.9 Å². The van der Waals surface area contributed by atoms with Gasteiger partial charge in [0.05, 0.1) is 6.10 Å². The zero-order valence-electron chi connectivity index (χ0n) is 17.2. The van der Waals surface area contributed by atoms with E-state index < -0.39 is 18.2 Å². The van der Waals surface area contributed by atoms with Crippen molar-refractivity contribution in [3.8, 4) is 0 Å². The lowest BCUT2D eigenvalue weighted by Gasteiger charge is -2.31. The van der Waals surface area contributed by atoms with E-state index in [0.29, 0.717) is 26.1 Å². The highest BCUT2D eigenvalue weighted by atomic mass is 16.6. The number of aliphatic hydroxyl groups is 1. The van der Waals surface area contributed by atoms with Crippen LogP contribution in [0.15, 0.2) is 30.3 Å². The van der Waals surface area contributed by atoms with E-state index >= 15 is 0 Å². The topological polar surface area (TPSA) is 70.1 Å². The quantitative estimate of drug-likeness (QED) is 0.620. The summed E-state index contributed by atoms with van der Waals surface area (Å²) < 4.78 is 5.41. The highest BCUT2D eigenvalue weighted by molar-refractivity contribution is 5.87. The van der Waals surface area contributed by atoms with Crippen LogP contribution in [-0.2, 0) is 16.1 Å². The summed E-state index contributed by atoms with van der Waals surface area (Å²) in [6, 6.07) is 8.60. The number of unbranched alkanes of at least 4 members (excludes halogenated alkanes) is 3. The minimum atomic E-state index is -0.846. The first-order chi connectivity index (χ1) is 13.6. The first kappa shape index (κ1) is 22.2. The number of hydrogen-bond acceptors (Lipinski definition) is 4. The number of carbonyl (C=O) groups is 2. The minimum absolute atomic E-state index is 0.156. The maximum atomic E-state index is 13.2. The third-order valence-electron chi connectivity index (χ3n) is 5.18. The molecule has 1 aliphatic heterocycles. The fourth-order valence-corrected chi connectivity index (χ4v) is 3.50. The molecule has 1 aromatic carbocycles. The van der Waals surface area contributed by atoms with Gasteiger partial charge in [-0.3, -0.25) is 9.69 Å². The Labute approximate surface area is 168 Å². The van der Waals surface area contributed by atoms with Gasteiger partial charge in [0.25, 0.3) is 0 Å². The minimum Gasteiger partial charge on any atom is -0.445 e. The second-order valence-corrected chi connectivity index (χ2v) is 7.42. The molecule has 0 saturated carbocycles. The molecular weight excluding hydrogens is 356 g/mol. The Morgan fingerprint density at radius 2 is 1.79 bits per heavy atom. The van der Waals surface area contributed by atoms with Crippen LogP contribution >= 0.6 is 0 Å². The van der Waals surface area contributed by atoms with Gasteiger partial charge in [-0.1, -0.05) is 63.4 Å². The molecule has 1 heterocycles. The monoisotopic (exact) mass is 390 g/mol. The van der Waals surface area contributed by atoms with E-state index in [0.717, 1.165) is 37.7 Å². The fourth-order valence-electron chi connectivity index (χ4n) is 3.50. The lowest BCUT2D eigenvalue weighted by Crippen LogP contribution is -2.52. The van der Waals surface area contributed by atoms with Crippen LogP contribution in [-0.4, -0.2) is 58.7 Å². The standard InChI is InChI=1S/C22H34N2O4/c1-3-5-10-15-23(14-6-4-2)21(26)20-19(25)13-16-24(20)22(27)28-17-18-11-8-7-9-12-18/h7-9,11-12,19-20,25H,3-6,10,13-17H2,1-2H3/t19?,20-/m0/s1. The molecule has 1 aliphatic rings. The van der Waals surface area contributed by atoms with Crippen molar-refractivity contribution < 1.29 is 19.4 Å². The molecule has 2 atom stereocenters. The summed E-state index contributed by atoms with van der Waals surface area (Å²) in [5.41, 5.74) is 0.891. The SMILES string of the molecule is CCCCCN(CCCC)C(=O)[C@@H]1C(O)CCN1C(=O)OCc1ccccc1. The molecule has 1 fully saturated rings. The highest BCUT2D eigenvalue weighted by Gasteiger charge is 2.43. The molecule has 1 saturated heterocycles. The average molecular weight is 391 g/mol. The molecule has 6 nitrogen and oxygen atoms in total. The van der Waals surface area contributed by atoms with Crippen molar-refractivity contribution in [2.24, 2.45) is 0 Å². The van der Waals surface area contributed by atoms with Crippen LogP contribution in [0.2, 0.25) is 0 Å². The molecule has 0 spiro atoms. The Bertz CT molecular complexity index is 608. The molecule has 6 heteroatoms. The summed E-state index contributed by atoms with van der Waals surface area (Å²) in [6.07, 6.45) is 4.01. The molecule has 0 radical (unpaired) electrons. The van der Waals surface area contributed by atoms with Crippen molar-refractivity contribution in [1.82, 2.24) is 9.80 Å². The maximum absolute atomic E-state index is 13.2. The molecule has 1 unspecified atom stereocenters. The highest BCUT2D eigenvalue weighted by Crippen LogP contribution is 2.22. The second kappa shape index (κ2) is 11.7. The van der Waals surface area contributed by atoms with Crippen molar-refractivity contribution in [1.29, 1.82) is 0 Å². The number of carbonyl (C=O) groups excluding carboxylic acids is 2. The summed E-state index contributed by atoms with van der Waals surface area (Å²) in [5, 5.41) is 10.4. The van der Waals surface area contributed by atoms with E-state index in [1.807, 2.05) is 35.2 Å². The van der Waals surface area contributed by atoms with Gasteiger partial charge in [-0.05, 0) is 24.8 Å². The van der Waals surface area contributed by atoms with Gasteiger partial charge in [-0.2, -0.15) is 0 Å². The van der Waals surface area contributed by atoms with Crippen LogP contribution < -0.4 is 0 Å². The first-order valence-corrected chi connectivity index (χ1v) is 10.5. The summed E-state index contributed by atoms with van der Waals surface area (Å²) in [7, 11) is 0. The Balaban J connectivity index is 2.01. The smallest absolute Gasteiger partial charge is 0.410 e. The van der Waals surface area contributed by atoms with Crippen LogP contribution in [0.5, 0.6) is 0 Å². The summed E-state index contributed by atoms with van der Waals surface area (Å²) in [6.45, 7) is 6.04. The van der Waals surface area contributed by atoms with Gasteiger partial charge in [0, 0.05) is 19.6 Å². The lowest BCUT2D eigenvalue weighted by molar-refractivity contribution is -0.138. The van der Waals surface area contributed by atoms with Crippen LogP contribution in [0.3, 0.4) is 0 Å². The van der Waals surface area contributed by atoms with E-state index in [9.17, 15) is 14.7 Å². The van der Waals surface area contributed by atoms with Crippen molar-refractivity contribution in [2.45, 2.75) is 71.1 Å². The van der Waals surface area contributed by atoms with E-state index in [-0.39, 0.29) is 12.5 Å². The Morgan fingerprint density at radius 3 is 2.46 bits per heavy atom. The lowest BCUT2D eigenvalue weighted by atomic mass is 10.1. The van der Waals surface area contributed by atoms with Crippen LogP contribution in [0.25, 0.3) is 0 Å². The van der Waals surface area contributed by atoms with Gasteiger partial charge < -0.3 is 14.7 Å². The third-order valence-corrected chi connectivity index (χ3v) is 5.18. The number of rotatable bonds is 10. The summed E-state index contributed by atoms with van der Waals surface area (Å²) in [4.78, 5) is 29.0. The van der Waals surface area contributed by atoms with Gasteiger partial charge in [0.1, 0.15) is 12.6 Å². The Hall–Kier alpha value is -2.08. The summed E-state index contributed by atoms with van der Waals surface area (Å²) >= 11 is 0. The number of amides is 2. The number of ether oxygens (including phenoxy) is 1. The molecule has 1 N–H and O–H groups in total.